The van der Waals surface area contributed by atoms with Gasteiger partial charge in [0.2, 0.25) is 0 Å². The minimum absolute atomic E-state index is 0.0609. The van der Waals surface area contributed by atoms with Crippen molar-refractivity contribution in [1.82, 2.24) is 26.2 Å². The number of ether oxygens (including phenoxy) is 12. The third kappa shape index (κ3) is 24.6. The van der Waals surface area contributed by atoms with Gasteiger partial charge < -0.3 is 219 Å². The van der Waals surface area contributed by atoms with Crippen LogP contribution in [0, 0.1) is 0 Å². The van der Waals surface area contributed by atoms with Crippen LogP contribution in [0.15, 0.2) is 0 Å². The van der Waals surface area contributed by atoms with Gasteiger partial charge in [-0.2, -0.15) is 23.5 Å². The van der Waals surface area contributed by atoms with Gasteiger partial charge in [-0.15, -0.1) is 0 Å². The van der Waals surface area contributed by atoms with Crippen LogP contribution in [0.4, 0.5) is 0 Å². The molecule has 0 aromatic rings. The molecule has 0 bridgehead atoms. The van der Waals surface area contributed by atoms with Crippen LogP contribution in [0.2, 0.25) is 0 Å². The lowest BCUT2D eigenvalue weighted by atomic mass is 9.84. The van der Waals surface area contributed by atoms with Gasteiger partial charge in [0.05, 0.1) is 48.6 Å². The normalized spacial score (nSPS) is 43.9. The van der Waals surface area contributed by atoms with Crippen LogP contribution in [0.25, 0.3) is 0 Å². The van der Waals surface area contributed by atoms with E-state index in [-0.39, 0.29) is 50.5 Å². The highest BCUT2D eigenvalue weighted by Crippen LogP contribution is 2.39. The standard InChI is InChI=1S/C64H128N18O24S4/c65-7-2-1-4-12-82(14-6-9-79-64(108)81-11-16-110-24-34-54(104-60-38(77)48(92)44(88)32(22-69)98-60)50(94)62(100-34)106-56-40(84)26(71)18-28(73)52(56)102-58-36(75)46(90)42(86)30(20-67)96-58)13-5-3-8-78-63(107)80-10-15-109-23-33-53(103-59-37(76)47(91)43(87)31(21-68)97-59)49(93)61(99-33)105-55-39(83)25(70)17-27(72)51(55)101-57-35(74)45(89)41(85)29(19-66)95-57/h25-62,83-94H,1-24,65-77H2,(H2,78,80,107)(H2,79,81,108)/t25-,26-,27?,28?,29?,30?,31?,32?,33-,34-,35?,36?,37-,38-,39?,40?,41-,42-,43-,44-,45-,46-,47?,48?,49+,50+,51-,52-,53+,54+,55-,56-,57-,58+,59-,60-,61?,62?/m1/s1. The zero-order chi connectivity index (χ0) is 80.4. The molecule has 46 heteroatoms. The molecule has 642 valence electrons. The second-order valence-electron chi connectivity index (χ2n) is 29.4. The van der Waals surface area contributed by atoms with Crippen molar-refractivity contribution in [2.45, 2.75) is 284 Å². The van der Waals surface area contributed by atoms with E-state index in [1.165, 1.54) is 23.5 Å². The van der Waals surface area contributed by atoms with E-state index in [9.17, 15) is 61.3 Å². The molecule has 0 aromatic carbocycles. The predicted molar refractivity (Wildman–Crippen MR) is 408 cm³/mol. The molecule has 2 aliphatic carbocycles. The highest BCUT2D eigenvalue weighted by atomic mass is 32.2. The summed E-state index contributed by atoms with van der Waals surface area (Å²) in [4.78, 5) is 2.42. The fourth-order valence-corrected chi connectivity index (χ4v) is 16.9. The zero-order valence-electron chi connectivity index (χ0n) is 61.8. The summed E-state index contributed by atoms with van der Waals surface area (Å²) in [6.07, 6.45) is -34.4. The Labute approximate surface area is 659 Å². The molecule has 8 aliphatic rings. The summed E-state index contributed by atoms with van der Waals surface area (Å²) in [5.74, 6) is 1.39. The molecular weight excluding hydrogens is 1530 g/mol. The van der Waals surface area contributed by atoms with Crippen LogP contribution < -0.4 is 95.8 Å². The van der Waals surface area contributed by atoms with Gasteiger partial charge in [-0.1, -0.05) is 6.42 Å². The number of unbranched alkanes of at least 4 members (excludes halogenated alkanes) is 3. The van der Waals surface area contributed by atoms with Crippen molar-refractivity contribution in [2.75, 3.05) is 102 Å². The number of nitrogens with zero attached hydrogens (tertiary/aromatic N) is 1. The quantitative estimate of drug-likeness (QED) is 0.0200. The molecule has 6 heterocycles. The number of nitrogens with one attached hydrogen (secondary N) is 4. The van der Waals surface area contributed by atoms with Crippen LogP contribution in [-0.4, -0.2) is 411 Å². The molecular formula is C64H128N18O24S4. The number of hydrogen-bond acceptors (Lipinski definition) is 42. The van der Waals surface area contributed by atoms with Gasteiger partial charge in [0.25, 0.3) is 0 Å². The number of aliphatic hydroxyl groups excluding tert-OH is 12. The Morgan fingerprint density at radius 1 is 0.327 bits per heavy atom. The Hall–Kier alpha value is -1.44. The molecule has 110 heavy (non-hydrogen) atoms. The third-order valence-electron chi connectivity index (χ3n) is 21.3. The summed E-state index contributed by atoms with van der Waals surface area (Å²) in [5.41, 5.74) is 79.9. The molecule has 6 saturated heterocycles. The Morgan fingerprint density at radius 3 is 0.973 bits per heavy atom. The Bertz CT molecular complexity index is 2690. The lowest BCUT2D eigenvalue weighted by molar-refractivity contribution is -0.306. The maximum Gasteiger partial charge on any atom is 0.187 e. The van der Waals surface area contributed by atoms with Crippen LogP contribution >= 0.6 is 48.0 Å². The average molecular weight is 1660 g/mol. The Morgan fingerprint density at radius 2 is 0.627 bits per heavy atom. The number of thioether (sulfide) groups is 2. The lowest BCUT2D eigenvalue weighted by Gasteiger charge is -2.47. The highest BCUT2D eigenvalue weighted by Gasteiger charge is 2.58. The van der Waals surface area contributed by atoms with Gasteiger partial charge >= 0.3 is 0 Å². The van der Waals surface area contributed by atoms with E-state index in [2.05, 4.69) is 26.2 Å². The van der Waals surface area contributed by atoms with E-state index >= 15 is 0 Å². The third-order valence-corrected chi connectivity index (χ3v) is 24.0. The van der Waals surface area contributed by atoms with Gasteiger partial charge in [0.15, 0.2) is 48.0 Å². The van der Waals surface area contributed by atoms with Crippen molar-refractivity contribution in [3.05, 3.63) is 0 Å². The first-order chi connectivity index (χ1) is 52.5. The first-order valence-corrected chi connectivity index (χ1v) is 41.1. The van der Waals surface area contributed by atoms with Crippen LogP contribution in [0.3, 0.4) is 0 Å². The van der Waals surface area contributed by atoms with Crippen molar-refractivity contribution in [3.8, 4) is 0 Å². The summed E-state index contributed by atoms with van der Waals surface area (Å²) in [6, 6.07) is -8.71. The van der Waals surface area contributed by atoms with E-state index in [0.29, 0.717) is 54.5 Å². The fourth-order valence-electron chi connectivity index (χ4n) is 14.6. The van der Waals surface area contributed by atoms with Crippen molar-refractivity contribution in [3.63, 3.8) is 0 Å². The molecule has 14 unspecified atom stereocenters. The van der Waals surface area contributed by atoms with Crippen molar-refractivity contribution in [1.29, 1.82) is 0 Å². The molecule has 2 saturated carbocycles. The molecule has 38 atom stereocenters. The molecule has 6 aliphatic heterocycles. The maximum atomic E-state index is 11.9. The van der Waals surface area contributed by atoms with Crippen LogP contribution in [0.5, 0.6) is 0 Å². The number of aliphatic hydroxyl groups is 12. The predicted octanol–water partition coefficient (Wildman–Crippen LogP) is -14.8. The Kier molecular flexibility index (Phi) is 39.0. The summed E-state index contributed by atoms with van der Waals surface area (Å²) in [5, 5.41) is 146. The second-order valence-corrected chi connectivity index (χ2v) is 32.5. The number of thiocarbonyl (C=S) groups is 2. The molecule has 0 amide bonds. The molecule has 0 aromatic heterocycles. The fraction of sp³-hybridized carbons (Fsp3) is 0.969. The SMILES string of the molecule is NCCCCCN(CCCCNC(=S)NCCSC[C@H]1OC(O[C@@H]2C(O)[C@H](N)CC(N)[C@H]2O[C@H]2OC(CN)[C@@H](O)[C@H](O)C2N)[C@@H](O)[C@H]1O[C@H]1OC(CN)[C@@H](O)C(O)[C@H]1N)CCCNC(=S)NCCSC[C@H]1OC(O[C@@H]2C(O)[C@H](N)CC(N)[C@H]2O[C@@H]2OC(CN)[C@@H](O)[C@H](O)C2N)[C@@H](O)[C@H]1O[C@H]1OC(CN)[C@@H](O)C(O)[C@H]1N. The molecule has 0 radical (unpaired) electrons. The largest absolute Gasteiger partial charge is 0.389 e. The first kappa shape index (κ1) is 94.0. The van der Waals surface area contributed by atoms with E-state index < -0.39 is 233 Å². The van der Waals surface area contributed by atoms with Gasteiger partial charge in [-0.3, -0.25) is 0 Å². The maximum absolute atomic E-state index is 11.9. The minimum atomic E-state index is -1.59. The number of hydrogen-bond donors (Lipinski definition) is 29. The van der Waals surface area contributed by atoms with Gasteiger partial charge in [0, 0.05) is 99.5 Å². The summed E-state index contributed by atoms with van der Waals surface area (Å²) in [7, 11) is 0. The molecule has 8 fully saturated rings. The van der Waals surface area contributed by atoms with E-state index in [0.717, 1.165) is 58.2 Å². The summed E-state index contributed by atoms with van der Waals surface area (Å²) >= 11 is 14.1. The second kappa shape index (κ2) is 45.7. The smallest absolute Gasteiger partial charge is 0.187 e. The van der Waals surface area contributed by atoms with E-state index in [4.69, 9.17) is 156 Å². The molecule has 42 N–H and O–H groups in total. The van der Waals surface area contributed by atoms with Crippen molar-refractivity contribution >= 4 is 58.2 Å². The van der Waals surface area contributed by atoms with Gasteiger partial charge in [-0.05, 0) is 95.6 Å². The van der Waals surface area contributed by atoms with Crippen LogP contribution in [-0.2, 0) is 56.8 Å². The van der Waals surface area contributed by atoms with Crippen LogP contribution in [0.1, 0.15) is 51.4 Å². The van der Waals surface area contributed by atoms with Gasteiger partial charge in [-0.25, -0.2) is 0 Å². The topological polar surface area (TPSA) is 743 Å². The molecule has 8 rings (SSSR count). The monoisotopic (exact) mass is 1660 g/mol. The van der Waals surface area contributed by atoms with Gasteiger partial charge in [0.1, 0.15) is 122 Å². The van der Waals surface area contributed by atoms with E-state index in [1.54, 1.807) is 0 Å². The summed E-state index contributed by atoms with van der Waals surface area (Å²) < 4.78 is 73.7. The van der Waals surface area contributed by atoms with Crippen molar-refractivity contribution < 1.29 is 118 Å². The highest BCUT2D eigenvalue weighted by molar-refractivity contribution is 7.99. The molecule has 42 nitrogen and oxygen atoms in total. The average Bonchev–Trinajstić information content (AvgIpc) is 1.47. The van der Waals surface area contributed by atoms with E-state index in [1.807, 2.05) is 0 Å². The first-order valence-electron chi connectivity index (χ1n) is 38.0. The Balaban J connectivity index is 0.764. The van der Waals surface area contributed by atoms with Crippen molar-refractivity contribution in [2.24, 2.45) is 74.5 Å². The lowest BCUT2D eigenvalue weighted by Crippen LogP contribution is -2.68. The molecule has 0 spiro atoms. The number of nitrogens with two attached hydrogens (primary N) is 13. The summed E-state index contributed by atoms with van der Waals surface area (Å²) in [6.45, 7) is 4.48. The minimum Gasteiger partial charge on any atom is -0.389 e. The number of rotatable bonds is 40. The zero-order valence-corrected chi connectivity index (χ0v) is 65.0.